The number of amides is 1. The Morgan fingerprint density at radius 3 is 2.67 bits per heavy atom. The van der Waals surface area contributed by atoms with Crippen LogP contribution in [0, 0.1) is 5.82 Å². The summed E-state index contributed by atoms with van der Waals surface area (Å²) in [5.74, 6) is 0.145. The molecule has 1 saturated carbocycles. The molecule has 0 saturated heterocycles. The minimum Gasteiger partial charge on any atom is -0.331 e. The Balaban J connectivity index is 1.71. The van der Waals surface area contributed by atoms with Gasteiger partial charge in [0.15, 0.2) is 0 Å². The Labute approximate surface area is 185 Å². The number of carbonyl (C=O) groups is 1. The summed E-state index contributed by atoms with van der Waals surface area (Å²) in [6.45, 7) is 2.98. The van der Waals surface area contributed by atoms with E-state index in [2.05, 4.69) is 4.57 Å². The first kappa shape index (κ1) is 21.1. The zero-order chi connectivity index (χ0) is 21.3. The molecule has 1 aromatic heterocycles. The molecule has 0 spiro atoms. The Morgan fingerprint density at radius 1 is 1.20 bits per heavy atom. The lowest BCUT2D eigenvalue weighted by Gasteiger charge is -2.24. The van der Waals surface area contributed by atoms with Crippen LogP contribution in [0.3, 0.4) is 0 Å². The van der Waals surface area contributed by atoms with E-state index in [0.29, 0.717) is 29.7 Å². The zero-order valence-electron chi connectivity index (χ0n) is 16.9. The number of aromatic nitrogens is 2. The van der Waals surface area contributed by atoms with E-state index in [1.165, 1.54) is 31.0 Å². The summed E-state index contributed by atoms with van der Waals surface area (Å²) in [5, 5.41) is 0.626. The van der Waals surface area contributed by atoms with Crippen LogP contribution in [0.4, 0.5) is 4.39 Å². The minimum absolute atomic E-state index is 0.0508. The molecule has 1 aliphatic carbocycles. The summed E-state index contributed by atoms with van der Waals surface area (Å²) in [5.41, 5.74) is 2.27. The van der Waals surface area contributed by atoms with Gasteiger partial charge in [0.1, 0.15) is 11.6 Å². The predicted molar refractivity (Wildman–Crippen MR) is 119 cm³/mol. The number of imidazole rings is 1. The fourth-order valence-corrected chi connectivity index (χ4v) is 4.65. The third-order valence-electron chi connectivity index (χ3n) is 5.69. The van der Waals surface area contributed by atoms with Crippen molar-refractivity contribution in [1.29, 1.82) is 0 Å². The lowest BCUT2D eigenvalue weighted by atomic mass is 10.2. The van der Waals surface area contributed by atoms with Crippen molar-refractivity contribution in [2.75, 3.05) is 6.54 Å². The van der Waals surface area contributed by atoms with Crippen LogP contribution in [0.2, 0.25) is 10.0 Å². The second-order valence-electron chi connectivity index (χ2n) is 7.82. The lowest BCUT2D eigenvalue weighted by molar-refractivity contribution is 0.0736. The van der Waals surface area contributed by atoms with Gasteiger partial charge in [-0.2, -0.15) is 0 Å². The summed E-state index contributed by atoms with van der Waals surface area (Å²) < 4.78 is 15.8. The molecule has 1 amide bonds. The quantitative estimate of drug-likeness (QED) is 0.424. The Hall–Kier alpha value is -2.11. The van der Waals surface area contributed by atoms with Crippen LogP contribution in [0.25, 0.3) is 11.0 Å². The smallest absolute Gasteiger partial charge is 0.254 e. The second kappa shape index (κ2) is 8.94. The van der Waals surface area contributed by atoms with Crippen LogP contribution < -0.4 is 0 Å². The van der Waals surface area contributed by atoms with Crippen LogP contribution in [0.1, 0.15) is 61.3 Å². The van der Waals surface area contributed by atoms with Crippen molar-refractivity contribution >= 4 is 40.1 Å². The molecule has 1 aliphatic rings. The standard InChI is InChI=1S/C23H24Cl2FN3O/c1-2-11-28(23(30)15-7-9-19(26)18(25)12-15)14-22-27-20-10-8-16(24)13-21(20)29(22)17-5-3-4-6-17/h7-10,12-13,17H,2-6,11,14H2,1H3. The van der Waals surface area contributed by atoms with Gasteiger partial charge in [0.05, 0.1) is 22.6 Å². The monoisotopic (exact) mass is 447 g/mol. The van der Waals surface area contributed by atoms with Gasteiger partial charge in [-0.1, -0.05) is 43.0 Å². The maximum absolute atomic E-state index is 13.6. The second-order valence-corrected chi connectivity index (χ2v) is 8.67. The molecule has 1 heterocycles. The van der Waals surface area contributed by atoms with Crippen LogP contribution in [0.15, 0.2) is 36.4 Å². The van der Waals surface area contributed by atoms with Crippen molar-refractivity contribution in [2.45, 2.75) is 51.6 Å². The molecule has 0 N–H and O–H groups in total. The fourth-order valence-electron chi connectivity index (χ4n) is 4.30. The average Bonchev–Trinajstić information content (AvgIpc) is 3.36. The lowest BCUT2D eigenvalue weighted by Crippen LogP contribution is -2.32. The van der Waals surface area contributed by atoms with Crippen molar-refractivity contribution in [3.05, 3.63) is 63.6 Å². The molecule has 0 radical (unpaired) electrons. The summed E-state index contributed by atoms with van der Waals surface area (Å²) in [6.07, 6.45) is 5.38. The number of hydrogen-bond acceptors (Lipinski definition) is 2. The van der Waals surface area contributed by atoms with Crippen molar-refractivity contribution in [3.8, 4) is 0 Å². The number of halogens is 3. The number of carbonyl (C=O) groups excluding carboxylic acids is 1. The van der Waals surface area contributed by atoms with E-state index < -0.39 is 5.82 Å². The van der Waals surface area contributed by atoms with Gasteiger partial charge < -0.3 is 9.47 Å². The highest BCUT2D eigenvalue weighted by Crippen LogP contribution is 2.35. The van der Waals surface area contributed by atoms with Crippen LogP contribution in [-0.2, 0) is 6.54 Å². The van der Waals surface area contributed by atoms with Gasteiger partial charge in [-0.3, -0.25) is 4.79 Å². The van der Waals surface area contributed by atoms with E-state index in [4.69, 9.17) is 28.2 Å². The molecule has 0 atom stereocenters. The largest absolute Gasteiger partial charge is 0.331 e. The molecule has 0 bridgehead atoms. The normalized spacial score (nSPS) is 14.5. The number of hydrogen-bond donors (Lipinski definition) is 0. The Bertz CT molecular complexity index is 1080. The molecule has 1 fully saturated rings. The highest BCUT2D eigenvalue weighted by atomic mass is 35.5. The van der Waals surface area contributed by atoms with Crippen molar-refractivity contribution in [2.24, 2.45) is 0 Å². The predicted octanol–water partition coefficient (Wildman–Crippen LogP) is 6.65. The summed E-state index contributed by atoms with van der Waals surface area (Å²) >= 11 is 12.2. The summed E-state index contributed by atoms with van der Waals surface area (Å²) in [6, 6.07) is 10.2. The molecular weight excluding hydrogens is 424 g/mol. The number of fused-ring (bicyclic) bond motifs is 1. The molecule has 158 valence electrons. The summed E-state index contributed by atoms with van der Waals surface area (Å²) in [7, 11) is 0. The van der Waals surface area contributed by atoms with Gasteiger partial charge in [-0.05, 0) is 55.7 Å². The number of benzene rings is 2. The van der Waals surface area contributed by atoms with E-state index in [1.54, 1.807) is 4.90 Å². The highest BCUT2D eigenvalue weighted by Gasteiger charge is 2.25. The average molecular weight is 448 g/mol. The number of nitrogens with zero attached hydrogens (tertiary/aromatic N) is 3. The first-order chi connectivity index (χ1) is 14.5. The third-order valence-corrected chi connectivity index (χ3v) is 6.22. The summed E-state index contributed by atoms with van der Waals surface area (Å²) in [4.78, 5) is 19.8. The molecule has 30 heavy (non-hydrogen) atoms. The topological polar surface area (TPSA) is 38.1 Å². The molecular formula is C23H24Cl2FN3O. The molecule has 0 aliphatic heterocycles. The minimum atomic E-state index is -0.532. The van der Waals surface area contributed by atoms with Gasteiger partial charge >= 0.3 is 0 Å². The van der Waals surface area contributed by atoms with Gasteiger partial charge in [0.25, 0.3) is 5.91 Å². The molecule has 4 nitrogen and oxygen atoms in total. The van der Waals surface area contributed by atoms with Crippen molar-refractivity contribution < 1.29 is 9.18 Å². The Morgan fingerprint density at radius 2 is 1.97 bits per heavy atom. The zero-order valence-corrected chi connectivity index (χ0v) is 18.4. The van der Waals surface area contributed by atoms with E-state index >= 15 is 0 Å². The van der Waals surface area contributed by atoms with Crippen LogP contribution in [0.5, 0.6) is 0 Å². The number of rotatable bonds is 6. The molecule has 7 heteroatoms. The molecule has 4 rings (SSSR count). The third kappa shape index (κ3) is 4.19. The van der Waals surface area contributed by atoms with Crippen LogP contribution in [-0.4, -0.2) is 26.9 Å². The fraction of sp³-hybridized carbons (Fsp3) is 0.391. The van der Waals surface area contributed by atoms with E-state index in [-0.39, 0.29) is 10.9 Å². The van der Waals surface area contributed by atoms with E-state index in [9.17, 15) is 9.18 Å². The molecule has 0 unspecified atom stereocenters. The SMILES string of the molecule is CCCN(Cc1nc2ccc(Cl)cc2n1C1CCCC1)C(=O)c1ccc(F)c(Cl)c1. The van der Waals surface area contributed by atoms with Gasteiger partial charge in [-0.25, -0.2) is 9.37 Å². The highest BCUT2D eigenvalue weighted by molar-refractivity contribution is 6.31. The first-order valence-corrected chi connectivity index (χ1v) is 11.1. The van der Waals surface area contributed by atoms with E-state index in [0.717, 1.165) is 36.1 Å². The maximum Gasteiger partial charge on any atom is 0.254 e. The van der Waals surface area contributed by atoms with Crippen molar-refractivity contribution in [3.63, 3.8) is 0 Å². The van der Waals surface area contributed by atoms with Gasteiger partial charge in [-0.15, -0.1) is 0 Å². The van der Waals surface area contributed by atoms with Gasteiger partial charge in [0.2, 0.25) is 0 Å². The molecule has 3 aromatic rings. The van der Waals surface area contributed by atoms with Crippen LogP contribution >= 0.6 is 23.2 Å². The van der Waals surface area contributed by atoms with Gasteiger partial charge in [0, 0.05) is 23.2 Å². The first-order valence-electron chi connectivity index (χ1n) is 10.4. The maximum atomic E-state index is 13.6. The Kier molecular flexibility index (Phi) is 6.30. The van der Waals surface area contributed by atoms with Crippen molar-refractivity contribution in [1.82, 2.24) is 14.5 Å². The molecule has 2 aromatic carbocycles. The van der Waals surface area contributed by atoms with E-state index in [1.807, 2.05) is 25.1 Å².